The number of nitrogens with two attached hydrogens (primary N) is 1. The summed E-state index contributed by atoms with van der Waals surface area (Å²) in [6, 6.07) is 19.7. The summed E-state index contributed by atoms with van der Waals surface area (Å²) >= 11 is 0. The normalized spacial score (nSPS) is 12.0. The molecule has 0 bridgehead atoms. The van der Waals surface area contributed by atoms with E-state index in [4.69, 9.17) is 5.73 Å². The lowest BCUT2D eigenvalue weighted by molar-refractivity contribution is 0.653. The van der Waals surface area contributed by atoms with Gasteiger partial charge in [0.1, 0.15) is 5.82 Å². The quantitative estimate of drug-likeness (QED) is 0.590. The van der Waals surface area contributed by atoms with Gasteiger partial charge in [0.05, 0.1) is 17.3 Å². The van der Waals surface area contributed by atoms with Gasteiger partial charge < -0.3 is 5.73 Å². The van der Waals surface area contributed by atoms with Crippen molar-refractivity contribution in [1.29, 1.82) is 0 Å². The molecule has 4 aromatic heterocycles. The summed E-state index contributed by atoms with van der Waals surface area (Å²) in [6.07, 6.45) is 9.13. The van der Waals surface area contributed by atoms with E-state index in [2.05, 4.69) is 32.1 Å². The summed E-state index contributed by atoms with van der Waals surface area (Å²) in [4.78, 5) is 17.9. The summed E-state index contributed by atoms with van der Waals surface area (Å²) in [5, 5.41) is 0. The van der Waals surface area contributed by atoms with E-state index in [1.165, 1.54) is 0 Å². The van der Waals surface area contributed by atoms with E-state index in [1.54, 1.807) is 24.7 Å². The Hall–Kier alpha value is -3.60. The molecule has 0 aromatic carbocycles. The fourth-order valence-corrected chi connectivity index (χ4v) is 3.39. The largest absolute Gasteiger partial charge is 0.384 e. The first-order valence-electron chi connectivity index (χ1n) is 8.76. The van der Waals surface area contributed by atoms with E-state index in [-0.39, 0.29) is 11.8 Å². The Bertz CT molecular complexity index is 951. The molecule has 4 rings (SSSR count). The smallest absolute Gasteiger partial charge is 0.123 e. The van der Waals surface area contributed by atoms with E-state index in [0.29, 0.717) is 5.82 Å². The third-order valence-corrected chi connectivity index (χ3v) is 4.54. The molecule has 4 aromatic rings. The fraction of sp³-hybridized carbons (Fsp3) is 0.0909. The molecule has 0 fully saturated rings. The van der Waals surface area contributed by atoms with Crippen molar-refractivity contribution in [3.8, 4) is 0 Å². The maximum Gasteiger partial charge on any atom is 0.123 e. The average Bonchev–Trinajstić information content (AvgIpc) is 2.74. The van der Waals surface area contributed by atoms with Crippen LogP contribution in [-0.2, 0) is 0 Å². The average molecular weight is 353 g/mol. The highest BCUT2D eigenvalue weighted by Crippen LogP contribution is 2.41. The van der Waals surface area contributed by atoms with Crippen LogP contribution in [0.5, 0.6) is 0 Å². The first kappa shape index (κ1) is 16.8. The van der Waals surface area contributed by atoms with Gasteiger partial charge in [-0.05, 0) is 47.5 Å². The topological polar surface area (TPSA) is 77.6 Å². The summed E-state index contributed by atoms with van der Waals surface area (Å²) in [6.45, 7) is 0. The molecule has 132 valence electrons. The van der Waals surface area contributed by atoms with Gasteiger partial charge in [0, 0.05) is 36.9 Å². The van der Waals surface area contributed by atoms with E-state index < -0.39 is 0 Å². The zero-order valence-corrected chi connectivity index (χ0v) is 14.7. The minimum atomic E-state index is -0.122. The van der Waals surface area contributed by atoms with Crippen LogP contribution in [0.15, 0.2) is 91.6 Å². The molecule has 0 spiro atoms. The third kappa shape index (κ3) is 3.67. The zero-order chi connectivity index (χ0) is 18.5. The molecule has 5 heteroatoms. The van der Waals surface area contributed by atoms with Gasteiger partial charge in [-0.3, -0.25) is 15.0 Å². The van der Waals surface area contributed by atoms with Gasteiger partial charge >= 0.3 is 0 Å². The molecule has 1 unspecified atom stereocenters. The Balaban J connectivity index is 1.94. The van der Waals surface area contributed by atoms with Gasteiger partial charge in [0.15, 0.2) is 0 Å². The molecular weight excluding hydrogens is 334 g/mol. The predicted molar refractivity (Wildman–Crippen MR) is 105 cm³/mol. The van der Waals surface area contributed by atoms with Crippen molar-refractivity contribution in [1.82, 2.24) is 19.9 Å². The number of nitrogen functional groups attached to an aromatic ring is 1. The van der Waals surface area contributed by atoms with Crippen LogP contribution in [0.25, 0.3) is 0 Å². The second kappa shape index (κ2) is 7.74. The Morgan fingerprint density at radius 3 is 1.89 bits per heavy atom. The Morgan fingerprint density at radius 1 is 0.630 bits per heavy atom. The second-order valence-corrected chi connectivity index (χ2v) is 6.27. The first-order chi connectivity index (χ1) is 13.3. The molecule has 4 heterocycles. The SMILES string of the molecule is Nc1cccc(C(c2ccccn2)C(c2cccnc2)c2cccnc2)n1. The standard InChI is InChI=1S/C22H19N5/c23-20-10-3-9-19(27-20)22(18-8-1-2-13-26-18)21(16-6-4-11-24-14-16)17-7-5-12-25-15-17/h1-15,21-22H,(H2,23,27). The van der Waals surface area contributed by atoms with Crippen molar-refractivity contribution < 1.29 is 0 Å². The molecule has 0 aliphatic heterocycles. The highest BCUT2D eigenvalue weighted by atomic mass is 14.9. The van der Waals surface area contributed by atoms with Crippen molar-refractivity contribution in [3.05, 3.63) is 114 Å². The maximum atomic E-state index is 6.00. The Labute approximate surface area is 158 Å². The molecule has 0 aliphatic carbocycles. The van der Waals surface area contributed by atoms with Gasteiger partial charge in [-0.15, -0.1) is 0 Å². The van der Waals surface area contributed by atoms with E-state index >= 15 is 0 Å². The van der Waals surface area contributed by atoms with Gasteiger partial charge in [-0.25, -0.2) is 4.98 Å². The molecule has 0 radical (unpaired) electrons. The van der Waals surface area contributed by atoms with E-state index in [1.807, 2.05) is 54.9 Å². The summed E-state index contributed by atoms with van der Waals surface area (Å²) < 4.78 is 0. The third-order valence-electron chi connectivity index (χ3n) is 4.54. The van der Waals surface area contributed by atoms with Crippen LogP contribution in [0.3, 0.4) is 0 Å². The molecule has 0 saturated carbocycles. The number of nitrogens with zero attached hydrogens (tertiary/aromatic N) is 4. The van der Waals surface area contributed by atoms with Gasteiger partial charge in [-0.1, -0.05) is 24.3 Å². The minimum absolute atomic E-state index is 0.0448. The lowest BCUT2D eigenvalue weighted by Crippen LogP contribution is -2.17. The van der Waals surface area contributed by atoms with Gasteiger partial charge in [0.2, 0.25) is 0 Å². The second-order valence-electron chi connectivity index (χ2n) is 6.27. The lowest BCUT2D eigenvalue weighted by Gasteiger charge is -2.27. The van der Waals surface area contributed by atoms with Crippen molar-refractivity contribution in [2.75, 3.05) is 5.73 Å². The van der Waals surface area contributed by atoms with Crippen LogP contribution in [0.1, 0.15) is 34.4 Å². The fourth-order valence-electron chi connectivity index (χ4n) is 3.39. The van der Waals surface area contributed by atoms with Crippen LogP contribution in [0, 0.1) is 0 Å². The lowest BCUT2D eigenvalue weighted by atomic mass is 9.78. The number of anilines is 1. The van der Waals surface area contributed by atoms with Gasteiger partial charge in [0.25, 0.3) is 0 Å². The molecule has 2 N–H and O–H groups in total. The Morgan fingerprint density at radius 2 is 1.33 bits per heavy atom. The van der Waals surface area contributed by atoms with Crippen molar-refractivity contribution >= 4 is 5.82 Å². The van der Waals surface area contributed by atoms with Crippen LogP contribution >= 0.6 is 0 Å². The summed E-state index contributed by atoms with van der Waals surface area (Å²) in [5.41, 5.74) is 9.94. The van der Waals surface area contributed by atoms with E-state index in [0.717, 1.165) is 22.5 Å². The number of hydrogen-bond donors (Lipinski definition) is 1. The van der Waals surface area contributed by atoms with Crippen LogP contribution in [0.2, 0.25) is 0 Å². The van der Waals surface area contributed by atoms with Crippen molar-refractivity contribution in [2.24, 2.45) is 0 Å². The number of pyridine rings is 4. The van der Waals surface area contributed by atoms with Crippen molar-refractivity contribution in [2.45, 2.75) is 11.8 Å². The highest BCUT2D eigenvalue weighted by Gasteiger charge is 2.30. The molecule has 27 heavy (non-hydrogen) atoms. The van der Waals surface area contributed by atoms with E-state index in [9.17, 15) is 0 Å². The summed E-state index contributed by atoms with van der Waals surface area (Å²) in [5.74, 6) is 0.323. The Kier molecular flexibility index (Phi) is 4.83. The molecule has 0 amide bonds. The predicted octanol–water partition coefficient (Wildman–Crippen LogP) is 3.81. The molecule has 1 atom stereocenters. The molecular formula is C22H19N5. The zero-order valence-electron chi connectivity index (χ0n) is 14.7. The van der Waals surface area contributed by atoms with Crippen LogP contribution in [0.4, 0.5) is 5.82 Å². The van der Waals surface area contributed by atoms with Crippen LogP contribution < -0.4 is 5.73 Å². The molecule has 0 saturated heterocycles. The number of rotatable bonds is 5. The first-order valence-corrected chi connectivity index (χ1v) is 8.76. The van der Waals surface area contributed by atoms with Crippen LogP contribution in [-0.4, -0.2) is 19.9 Å². The van der Waals surface area contributed by atoms with Gasteiger partial charge in [-0.2, -0.15) is 0 Å². The monoisotopic (exact) mass is 353 g/mol. The highest BCUT2D eigenvalue weighted by molar-refractivity contribution is 5.41. The molecule has 5 nitrogen and oxygen atoms in total. The molecule has 0 aliphatic rings. The summed E-state index contributed by atoms with van der Waals surface area (Å²) in [7, 11) is 0. The number of aromatic nitrogens is 4. The number of hydrogen-bond acceptors (Lipinski definition) is 5. The van der Waals surface area contributed by atoms with Crippen molar-refractivity contribution in [3.63, 3.8) is 0 Å². The maximum absolute atomic E-state index is 6.00. The minimum Gasteiger partial charge on any atom is -0.384 e.